The molecule has 0 aliphatic carbocycles. The minimum Gasteiger partial charge on any atom is -0.336 e. The molecule has 1 fully saturated rings. The van der Waals surface area contributed by atoms with Crippen molar-refractivity contribution < 1.29 is 18.1 Å². The smallest absolute Gasteiger partial charge is 0.270 e. The van der Waals surface area contributed by atoms with Crippen LogP contribution in [-0.2, 0) is 15.4 Å². The van der Waals surface area contributed by atoms with E-state index in [1.54, 1.807) is 12.1 Å². The lowest BCUT2D eigenvalue weighted by Gasteiger charge is -2.34. The van der Waals surface area contributed by atoms with Crippen molar-refractivity contribution in [2.75, 3.05) is 26.2 Å². The van der Waals surface area contributed by atoms with Crippen molar-refractivity contribution >= 4 is 21.6 Å². The highest BCUT2D eigenvalue weighted by Crippen LogP contribution is 2.25. The summed E-state index contributed by atoms with van der Waals surface area (Å²) in [6.45, 7) is 6.98. The first-order valence-electron chi connectivity index (χ1n) is 9.64. The summed E-state index contributed by atoms with van der Waals surface area (Å²) in [5.74, 6) is -0.342. The number of hydrogen-bond donors (Lipinski definition) is 0. The third-order valence-electron chi connectivity index (χ3n) is 5.19. The highest BCUT2D eigenvalue weighted by Gasteiger charge is 2.31. The summed E-state index contributed by atoms with van der Waals surface area (Å²) in [7, 11) is -3.65. The van der Waals surface area contributed by atoms with E-state index in [1.165, 1.54) is 33.5 Å². The molecular formula is C21H25N3O5S. The molecule has 1 heterocycles. The van der Waals surface area contributed by atoms with Gasteiger partial charge in [-0.15, -0.1) is 0 Å². The van der Waals surface area contributed by atoms with E-state index in [2.05, 4.69) is 20.8 Å². The van der Waals surface area contributed by atoms with E-state index in [0.29, 0.717) is 0 Å². The molecule has 160 valence electrons. The number of nitrogens with zero attached hydrogens (tertiary/aromatic N) is 3. The number of rotatable bonds is 4. The topological polar surface area (TPSA) is 101 Å². The third kappa shape index (κ3) is 4.52. The van der Waals surface area contributed by atoms with Gasteiger partial charge >= 0.3 is 0 Å². The molecule has 0 saturated carbocycles. The largest absolute Gasteiger partial charge is 0.336 e. The van der Waals surface area contributed by atoms with Crippen LogP contribution in [0.1, 0.15) is 36.7 Å². The number of carbonyl (C=O) groups is 1. The zero-order valence-corrected chi connectivity index (χ0v) is 18.1. The molecule has 1 aliphatic rings. The second-order valence-electron chi connectivity index (χ2n) is 8.28. The van der Waals surface area contributed by atoms with Crippen molar-refractivity contribution in [2.45, 2.75) is 31.1 Å². The van der Waals surface area contributed by atoms with Gasteiger partial charge in [0.25, 0.3) is 11.6 Å². The lowest BCUT2D eigenvalue weighted by Crippen LogP contribution is -2.50. The zero-order valence-electron chi connectivity index (χ0n) is 17.2. The molecule has 0 spiro atoms. The van der Waals surface area contributed by atoms with Crippen molar-refractivity contribution in [1.29, 1.82) is 0 Å². The average Bonchev–Trinajstić information content (AvgIpc) is 2.73. The number of sulfonamides is 1. The maximum Gasteiger partial charge on any atom is 0.270 e. The number of carbonyl (C=O) groups excluding carboxylic acids is 1. The molecular weight excluding hydrogens is 406 g/mol. The SMILES string of the molecule is CC(C)(C)c1ccc(S(=O)(=O)N2CCN(C(=O)c3cccc([N+](=O)[O-])c3)CC2)cc1. The standard InChI is InChI=1S/C21H25N3O5S/c1-21(2,3)17-7-9-19(10-8-17)30(28,29)23-13-11-22(12-14-23)20(25)16-5-4-6-18(15-16)24(26)27/h4-10,15H,11-14H2,1-3H3. The van der Waals surface area contributed by atoms with E-state index in [-0.39, 0.29) is 53.6 Å². The molecule has 30 heavy (non-hydrogen) atoms. The first kappa shape index (κ1) is 21.9. The van der Waals surface area contributed by atoms with E-state index >= 15 is 0 Å². The summed E-state index contributed by atoms with van der Waals surface area (Å²) in [6, 6.07) is 12.5. The molecule has 1 saturated heterocycles. The van der Waals surface area contributed by atoms with E-state index in [0.717, 1.165) is 5.56 Å². The number of amides is 1. The Bertz CT molecular complexity index is 1050. The molecule has 0 N–H and O–H groups in total. The van der Waals surface area contributed by atoms with Crippen LogP contribution in [0.5, 0.6) is 0 Å². The van der Waals surface area contributed by atoms with Gasteiger partial charge in [0.05, 0.1) is 9.82 Å². The molecule has 9 heteroatoms. The summed E-state index contributed by atoms with van der Waals surface area (Å²) in [6.07, 6.45) is 0. The Hall–Kier alpha value is -2.78. The molecule has 2 aromatic carbocycles. The Labute approximate surface area is 176 Å². The van der Waals surface area contributed by atoms with E-state index in [9.17, 15) is 23.3 Å². The van der Waals surface area contributed by atoms with Crippen LogP contribution in [0.4, 0.5) is 5.69 Å². The van der Waals surface area contributed by atoms with Crippen LogP contribution in [0.25, 0.3) is 0 Å². The molecule has 8 nitrogen and oxygen atoms in total. The first-order chi connectivity index (χ1) is 14.0. The van der Waals surface area contributed by atoms with Crippen LogP contribution in [0.15, 0.2) is 53.4 Å². The van der Waals surface area contributed by atoms with Gasteiger partial charge in [-0.25, -0.2) is 8.42 Å². The van der Waals surface area contributed by atoms with Gasteiger partial charge in [0.2, 0.25) is 10.0 Å². The molecule has 1 amide bonds. The minimum absolute atomic E-state index is 0.0687. The van der Waals surface area contributed by atoms with Gasteiger partial charge in [-0.1, -0.05) is 39.0 Å². The third-order valence-corrected chi connectivity index (χ3v) is 7.10. The van der Waals surface area contributed by atoms with E-state index in [1.807, 2.05) is 12.1 Å². The summed E-state index contributed by atoms with van der Waals surface area (Å²) < 4.78 is 27.3. The number of piperazine rings is 1. The van der Waals surface area contributed by atoms with Crippen LogP contribution in [0.3, 0.4) is 0 Å². The molecule has 2 aromatic rings. The molecule has 0 atom stereocenters. The fourth-order valence-electron chi connectivity index (χ4n) is 3.34. The molecule has 3 rings (SSSR count). The normalized spacial score (nSPS) is 15.8. The Morgan fingerprint density at radius 1 is 1.00 bits per heavy atom. The summed E-state index contributed by atoms with van der Waals surface area (Å²) in [5, 5.41) is 10.9. The monoisotopic (exact) mass is 431 g/mol. The fourth-order valence-corrected chi connectivity index (χ4v) is 4.76. The number of non-ortho nitro benzene ring substituents is 1. The number of nitro benzene ring substituents is 1. The van der Waals surface area contributed by atoms with Crippen molar-refractivity contribution in [1.82, 2.24) is 9.21 Å². The highest BCUT2D eigenvalue weighted by molar-refractivity contribution is 7.89. The predicted molar refractivity (Wildman–Crippen MR) is 113 cm³/mol. The molecule has 0 unspecified atom stereocenters. The average molecular weight is 432 g/mol. The number of hydrogen-bond acceptors (Lipinski definition) is 5. The second kappa shape index (κ2) is 8.16. The molecule has 0 aromatic heterocycles. The summed E-state index contributed by atoms with van der Waals surface area (Å²) in [5.41, 5.74) is 1.05. The Morgan fingerprint density at radius 2 is 1.60 bits per heavy atom. The zero-order chi connectivity index (χ0) is 22.1. The van der Waals surface area contributed by atoms with Gasteiger partial charge in [-0.05, 0) is 29.2 Å². The van der Waals surface area contributed by atoms with Crippen molar-refractivity contribution in [3.8, 4) is 0 Å². The number of nitro groups is 1. The van der Waals surface area contributed by atoms with Crippen molar-refractivity contribution in [3.05, 3.63) is 69.8 Å². The Balaban J connectivity index is 1.69. The second-order valence-corrected chi connectivity index (χ2v) is 10.2. The highest BCUT2D eigenvalue weighted by atomic mass is 32.2. The van der Waals surface area contributed by atoms with Gasteiger partial charge in [0, 0.05) is 43.9 Å². The van der Waals surface area contributed by atoms with Gasteiger partial charge in [0.15, 0.2) is 0 Å². The van der Waals surface area contributed by atoms with Crippen molar-refractivity contribution in [2.24, 2.45) is 0 Å². The quantitative estimate of drug-likeness (QED) is 0.547. The van der Waals surface area contributed by atoms with Gasteiger partial charge in [-0.2, -0.15) is 4.31 Å². The van der Waals surface area contributed by atoms with Crippen LogP contribution in [0.2, 0.25) is 0 Å². The van der Waals surface area contributed by atoms with Gasteiger partial charge in [-0.3, -0.25) is 14.9 Å². The predicted octanol–water partition coefficient (Wildman–Crippen LogP) is 3.04. The Kier molecular flexibility index (Phi) is 5.96. The molecule has 0 radical (unpaired) electrons. The van der Waals surface area contributed by atoms with E-state index < -0.39 is 14.9 Å². The first-order valence-corrected chi connectivity index (χ1v) is 11.1. The maximum atomic E-state index is 13.0. The van der Waals surface area contributed by atoms with Crippen molar-refractivity contribution in [3.63, 3.8) is 0 Å². The summed E-state index contributed by atoms with van der Waals surface area (Å²) >= 11 is 0. The summed E-state index contributed by atoms with van der Waals surface area (Å²) in [4.78, 5) is 24.8. The number of benzene rings is 2. The lowest BCUT2D eigenvalue weighted by molar-refractivity contribution is -0.384. The van der Waals surface area contributed by atoms with Crippen LogP contribution < -0.4 is 0 Å². The Morgan fingerprint density at radius 3 is 2.13 bits per heavy atom. The maximum absolute atomic E-state index is 13.0. The molecule has 1 aliphatic heterocycles. The van der Waals surface area contributed by atoms with Crippen LogP contribution >= 0.6 is 0 Å². The molecule has 0 bridgehead atoms. The van der Waals surface area contributed by atoms with Crippen LogP contribution in [0, 0.1) is 10.1 Å². The van der Waals surface area contributed by atoms with Gasteiger partial charge < -0.3 is 4.90 Å². The van der Waals surface area contributed by atoms with Gasteiger partial charge in [0.1, 0.15) is 0 Å². The minimum atomic E-state index is -3.65. The van der Waals surface area contributed by atoms with E-state index in [4.69, 9.17) is 0 Å². The van der Waals surface area contributed by atoms with Crippen LogP contribution in [-0.4, -0.2) is 54.6 Å². The lowest BCUT2D eigenvalue weighted by atomic mass is 9.87. The fraction of sp³-hybridized carbons (Fsp3) is 0.381.